The van der Waals surface area contributed by atoms with E-state index in [0.29, 0.717) is 19.6 Å². The van der Waals surface area contributed by atoms with Crippen LogP contribution in [0.2, 0.25) is 0 Å². The van der Waals surface area contributed by atoms with Gasteiger partial charge in [0.2, 0.25) is 0 Å². The third-order valence-electron chi connectivity index (χ3n) is 4.25. The van der Waals surface area contributed by atoms with Crippen molar-refractivity contribution < 1.29 is 9.59 Å². The lowest BCUT2D eigenvalue weighted by Gasteiger charge is -2.34. The third kappa shape index (κ3) is 2.89. The van der Waals surface area contributed by atoms with Crippen LogP contribution in [0.25, 0.3) is 0 Å². The largest absolute Gasteiger partial charge is 0.328 e. The highest BCUT2D eigenvalue weighted by atomic mass is 16.2. The molecule has 120 valence electrons. The van der Waals surface area contributed by atoms with Gasteiger partial charge in [-0.3, -0.25) is 9.59 Å². The van der Waals surface area contributed by atoms with E-state index in [2.05, 4.69) is 5.92 Å². The molecule has 0 aromatic heterocycles. The minimum atomic E-state index is -0.492. The smallest absolute Gasteiger partial charge is 0.316 e. The number of anilines is 1. The molecular formula is C20H18N2O2. The lowest BCUT2D eigenvalue weighted by Crippen LogP contribution is -2.54. The van der Waals surface area contributed by atoms with Crippen molar-refractivity contribution in [1.29, 1.82) is 0 Å². The summed E-state index contributed by atoms with van der Waals surface area (Å²) < 4.78 is 0. The minimum absolute atomic E-state index is 0.354. The first-order chi connectivity index (χ1) is 11.6. The fourth-order valence-electron chi connectivity index (χ4n) is 2.93. The molecule has 2 amide bonds. The summed E-state index contributed by atoms with van der Waals surface area (Å²) >= 11 is 0. The highest BCUT2D eigenvalue weighted by Gasteiger charge is 2.33. The molecule has 1 saturated heterocycles. The number of para-hydroxylation sites is 1. The summed E-state index contributed by atoms with van der Waals surface area (Å²) in [6.45, 7) is 3.25. The van der Waals surface area contributed by atoms with Crippen molar-refractivity contribution in [1.82, 2.24) is 4.90 Å². The molecule has 1 aliphatic heterocycles. The number of carbonyl (C=O) groups is 2. The normalized spacial score (nSPS) is 14.7. The lowest BCUT2D eigenvalue weighted by molar-refractivity contribution is -0.146. The van der Waals surface area contributed by atoms with E-state index >= 15 is 0 Å². The molecule has 0 aliphatic carbocycles. The first-order valence-corrected chi connectivity index (χ1v) is 7.82. The van der Waals surface area contributed by atoms with E-state index in [1.54, 1.807) is 9.80 Å². The highest BCUT2D eigenvalue weighted by Crippen LogP contribution is 2.23. The number of hydrogen-bond acceptors (Lipinski definition) is 2. The Kier molecular flexibility index (Phi) is 4.35. The van der Waals surface area contributed by atoms with Crippen LogP contribution in [0.3, 0.4) is 0 Å². The van der Waals surface area contributed by atoms with Crippen molar-refractivity contribution in [2.75, 3.05) is 18.0 Å². The van der Waals surface area contributed by atoms with Gasteiger partial charge in [-0.25, -0.2) is 0 Å². The van der Waals surface area contributed by atoms with Crippen LogP contribution < -0.4 is 4.90 Å². The Bertz CT molecular complexity index is 836. The van der Waals surface area contributed by atoms with Crippen LogP contribution in [0, 0.1) is 19.3 Å². The number of benzene rings is 2. The van der Waals surface area contributed by atoms with E-state index in [0.717, 1.165) is 22.4 Å². The summed E-state index contributed by atoms with van der Waals surface area (Å²) in [4.78, 5) is 28.2. The van der Waals surface area contributed by atoms with Crippen LogP contribution in [0.5, 0.6) is 0 Å². The third-order valence-corrected chi connectivity index (χ3v) is 4.25. The number of rotatable bonds is 3. The average Bonchev–Trinajstić information content (AvgIpc) is 2.60. The van der Waals surface area contributed by atoms with Crippen LogP contribution in [-0.4, -0.2) is 29.8 Å². The van der Waals surface area contributed by atoms with Crippen molar-refractivity contribution in [3.05, 3.63) is 65.2 Å². The monoisotopic (exact) mass is 318 g/mol. The lowest BCUT2D eigenvalue weighted by atomic mass is 10.1. The fourth-order valence-corrected chi connectivity index (χ4v) is 2.93. The van der Waals surface area contributed by atoms with Crippen LogP contribution in [-0.2, 0) is 16.1 Å². The second-order valence-electron chi connectivity index (χ2n) is 5.77. The van der Waals surface area contributed by atoms with Gasteiger partial charge in [-0.2, -0.15) is 0 Å². The Morgan fingerprint density at radius 3 is 2.46 bits per heavy atom. The van der Waals surface area contributed by atoms with Crippen molar-refractivity contribution >= 4 is 17.5 Å². The predicted molar refractivity (Wildman–Crippen MR) is 93.3 cm³/mol. The molecule has 0 unspecified atom stereocenters. The number of aryl methyl sites for hydroxylation is 1. The predicted octanol–water partition coefficient (Wildman–Crippen LogP) is 2.35. The summed E-state index contributed by atoms with van der Waals surface area (Å²) in [5, 5.41) is 0. The Balaban J connectivity index is 1.80. The minimum Gasteiger partial charge on any atom is -0.328 e. The van der Waals surface area contributed by atoms with Gasteiger partial charge >= 0.3 is 11.8 Å². The maximum Gasteiger partial charge on any atom is 0.316 e. The van der Waals surface area contributed by atoms with E-state index in [1.807, 2.05) is 55.5 Å². The molecule has 24 heavy (non-hydrogen) atoms. The first-order valence-electron chi connectivity index (χ1n) is 7.82. The molecule has 0 saturated carbocycles. The van der Waals surface area contributed by atoms with Gasteiger partial charge in [0, 0.05) is 30.9 Å². The number of piperazine rings is 1. The number of amides is 2. The van der Waals surface area contributed by atoms with E-state index in [-0.39, 0.29) is 0 Å². The Morgan fingerprint density at radius 1 is 1.00 bits per heavy atom. The summed E-state index contributed by atoms with van der Waals surface area (Å²) in [5.41, 5.74) is 3.40. The van der Waals surface area contributed by atoms with E-state index < -0.39 is 11.8 Å². The number of terminal acetylenes is 1. The van der Waals surface area contributed by atoms with Crippen molar-refractivity contribution in [3.63, 3.8) is 0 Å². The molecular weight excluding hydrogens is 300 g/mol. The number of carbonyl (C=O) groups excluding carboxylic acids is 2. The Hall–Kier alpha value is -3.06. The molecule has 4 nitrogen and oxygen atoms in total. The average molecular weight is 318 g/mol. The highest BCUT2D eigenvalue weighted by molar-refractivity contribution is 6.41. The van der Waals surface area contributed by atoms with Crippen molar-refractivity contribution in [3.8, 4) is 12.3 Å². The Morgan fingerprint density at radius 2 is 1.71 bits per heavy atom. The molecule has 0 N–H and O–H groups in total. The molecule has 3 rings (SSSR count). The summed E-state index contributed by atoms with van der Waals surface area (Å²) in [7, 11) is 0. The van der Waals surface area contributed by atoms with Crippen LogP contribution in [0.15, 0.2) is 48.5 Å². The van der Waals surface area contributed by atoms with Crippen LogP contribution >= 0.6 is 0 Å². The van der Waals surface area contributed by atoms with Crippen LogP contribution in [0.1, 0.15) is 16.7 Å². The second kappa shape index (κ2) is 6.59. The molecule has 0 spiro atoms. The molecule has 0 radical (unpaired) electrons. The fraction of sp³-hybridized carbons (Fsp3) is 0.200. The summed E-state index contributed by atoms with van der Waals surface area (Å²) in [5.74, 6) is 1.64. The van der Waals surface area contributed by atoms with E-state index in [9.17, 15) is 9.59 Å². The second-order valence-corrected chi connectivity index (χ2v) is 5.77. The van der Waals surface area contributed by atoms with Gasteiger partial charge in [-0.05, 0) is 30.2 Å². The van der Waals surface area contributed by atoms with Gasteiger partial charge in [-0.15, -0.1) is 6.42 Å². The Labute approximate surface area is 141 Å². The molecule has 1 heterocycles. The SMILES string of the molecule is C#Cc1ccccc1CN1CCN(c2ccccc2C)C(=O)C1=O. The van der Waals surface area contributed by atoms with E-state index in [1.165, 1.54) is 0 Å². The molecule has 2 aromatic rings. The molecule has 1 fully saturated rings. The number of nitrogens with zero attached hydrogens (tertiary/aromatic N) is 2. The van der Waals surface area contributed by atoms with Gasteiger partial charge in [0.15, 0.2) is 0 Å². The standard InChI is InChI=1S/C20H18N2O2/c1-3-16-9-5-6-10-17(16)14-21-12-13-22(20(24)19(21)23)18-11-7-4-8-15(18)2/h1,4-11H,12-14H2,2H3. The van der Waals surface area contributed by atoms with Gasteiger partial charge in [0.05, 0.1) is 0 Å². The zero-order valence-corrected chi connectivity index (χ0v) is 13.5. The van der Waals surface area contributed by atoms with Gasteiger partial charge in [-0.1, -0.05) is 42.3 Å². The van der Waals surface area contributed by atoms with Crippen molar-refractivity contribution in [2.45, 2.75) is 13.5 Å². The molecule has 0 bridgehead atoms. The first kappa shape index (κ1) is 15.8. The molecule has 0 atom stereocenters. The summed E-state index contributed by atoms with van der Waals surface area (Å²) in [6.07, 6.45) is 5.50. The topological polar surface area (TPSA) is 40.6 Å². The summed E-state index contributed by atoms with van der Waals surface area (Å²) in [6, 6.07) is 15.1. The van der Waals surface area contributed by atoms with Crippen molar-refractivity contribution in [2.24, 2.45) is 0 Å². The molecule has 4 heteroatoms. The maximum atomic E-state index is 12.5. The quantitative estimate of drug-likeness (QED) is 0.644. The van der Waals surface area contributed by atoms with Gasteiger partial charge in [0.25, 0.3) is 0 Å². The zero-order chi connectivity index (χ0) is 17.1. The maximum absolute atomic E-state index is 12.5. The van der Waals surface area contributed by atoms with E-state index in [4.69, 9.17) is 6.42 Å². The van der Waals surface area contributed by atoms with Crippen LogP contribution in [0.4, 0.5) is 5.69 Å². The molecule has 1 aliphatic rings. The molecule has 2 aromatic carbocycles. The van der Waals surface area contributed by atoms with Gasteiger partial charge < -0.3 is 9.80 Å². The van der Waals surface area contributed by atoms with Gasteiger partial charge in [0.1, 0.15) is 0 Å². The number of hydrogen-bond donors (Lipinski definition) is 0. The zero-order valence-electron chi connectivity index (χ0n) is 13.5.